The van der Waals surface area contributed by atoms with Crippen molar-refractivity contribution in [1.82, 2.24) is 10.6 Å². The number of carboxylic acid groups (broad SMARTS) is 1. The molecule has 1 fully saturated rings. The summed E-state index contributed by atoms with van der Waals surface area (Å²) in [5, 5.41) is 14.6. The van der Waals surface area contributed by atoms with Crippen LogP contribution >= 0.6 is 0 Å². The Morgan fingerprint density at radius 3 is 1.43 bits per heavy atom. The first-order chi connectivity index (χ1) is 24.8. The van der Waals surface area contributed by atoms with Crippen LogP contribution < -0.4 is 10.6 Å². The average Bonchev–Trinajstić information content (AvgIpc) is 3.09. The van der Waals surface area contributed by atoms with Crippen molar-refractivity contribution in [2.45, 2.75) is 65.0 Å². The molecule has 0 heterocycles. The van der Waals surface area contributed by atoms with Gasteiger partial charge in [-0.25, -0.2) is 28.8 Å². The van der Waals surface area contributed by atoms with E-state index in [2.05, 4.69) is 36.9 Å². The largest absolute Gasteiger partial charge is 0.465 e. The van der Waals surface area contributed by atoms with E-state index in [1.165, 1.54) is 0 Å². The fraction of sp³-hybridized carbons (Fsp3) is 0.583. The van der Waals surface area contributed by atoms with Crippen LogP contribution in [-0.2, 0) is 57.1 Å². The molecule has 0 saturated heterocycles. The van der Waals surface area contributed by atoms with Crippen LogP contribution in [0.4, 0.5) is 9.59 Å². The van der Waals surface area contributed by atoms with E-state index in [4.69, 9.17) is 33.2 Å². The maximum Gasteiger partial charge on any atom is 0.407 e. The number of nitrogens with one attached hydrogen (secondary N) is 2. The highest BCUT2D eigenvalue weighted by molar-refractivity contribution is 5.82. The minimum Gasteiger partial charge on any atom is -0.465 e. The Labute approximate surface area is 309 Å². The molecule has 1 aliphatic carbocycles. The van der Waals surface area contributed by atoms with Crippen LogP contribution in [0, 0.1) is 16.2 Å². The second-order valence-electron chi connectivity index (χ2n) is 13.9. The van der Waals surface area contributed by atoms with E-state index < -0.39 is 117 Å². The van der Waals surface area contributed by atoms with Crippen molar-refractivity contribution in [1.29, 1.82) is 0 Å². The summed E-state index contributed by atoms with van der Waals surface area (Å²) >= 11 is 0. The molecule has 0 aromatic rings. The number of carbonyl (C=O) groups is 7. The molecule has 1 saturated carbocycles. The summed E-state index contributed by atoms with van der Waals surface area (Å²) < 4.78 is 38.1. The first kappa shape index (κ1) is 45.8. The highest BCUT2D eigenvalue weighted by Gasteiger charge is 2.44. The van der Waals surface area contributed by atoms with Gasteiger partial charge in [0, 0.05) is 42.3 Å². The number of alkyl carbamates (subject to hydrolysis) is 1. The smallest absolute Gasteiger partial charge is 0.407 e. The highest BCUT2D eigenvalue weighted by Crippen LogP contribution is 2.41. The monoisotopic (exact) mass is 752 g/mol. The predicted molar refractivity (Wildman–Crippen MR) is 187 cm³/mol. The molecule has 3 N–H and O–H groups in total. The van der Waals surface area contributed by atoms with Crippen molar-refractivity contribution in [3.05, 3.63) is 50.6 Å². The van der Waals surface area contributed by atoms with Crippen molar-refractivity contribution in [2.75, 3.05) is 52.9 Å². The van der Waals surface area contributed by atoms with Crippen LogP contribution in [-0.4, -0.2) is 112 Å². The Bertz CT molecular complexity index is 1330. The van der Waals surface area contributed by atoms with Crippen LogP contribution in [0.15, 0.2) is 50.6 Å². The third-order valence-electron chi connectivity index (χ3n) is 8.00. The van der Waals surface area contributed by atoms with E-state index in [0.29, 0.717) is 12.8 Å². The van der Waals surface area contributed by atoms with Crippen LogP contribution in [0.3, 0.4) is 0 Å². The molecular formula is C36H52N2O15. The van der Waals surface area contributed by atoms with Crippen LogP contribution in [0.1, 0.15) is 53.4 Å². The molecule has 1 aliphatic rings. The lowest BCUT2D eigenvalue weighted by Crippen LogP contribution is -2.57. The number of ether oxygens (including phenoxy) is 7. The second-order valence-corrected chi connectivity index (χ2v) is 13.9. The third-order valence-corrected chi connectivity index (χ3v) is 8.00. The number of rotatable bonds is 23. The molecule has 0 aliphatic heterocycles. The van der Waals surface area contributed by atoms with Crippen molar-refractivity contribution in [3.63, 3.8) is 0 Å². The molecule has 0 bridgehead atoms. The van der Waals surface area contributed by atoms with Crippen molar-refractivity contribution in [2.24, 2.45) is 16.2 Å². The number of carbonyl (C=O) groups excluding carboxylic acids is 6. The lowest BCUT2D eigenvalue weighted by atomic mass is 9.67. The predicted octanol–water partition coefficient (Wildman–Crippen LogP) is 3.18. The fourth-order valence-electron chi connectivity index (χ4n) is 5.81. The molecule has 2 atom stereocenters. The first-order valence-electron chi connectivity index (χ1n) is 16.6. The summed E-state index contributed by atoms with van der Waals surface area (Å²) in [4.78, 5) is 85.3. The molecule has 17 nitrogen and oxygen atoms in total. The number of hydrogen-bond acceptors (Lipinski definition) is 14. The van der Waals surface area contributed by atoms with E-state index in [9.17, 15) is 38.7 Å². The van der Waals surface area contributed by atoms with Gasteiger partial charge in [0.25, 0.3) is 0 Å². The number of esters is 5. The summed E-state index contributed by atoms with van der Waals surface area (Å²) in [6, 6.07) is -0.459. The minimum atomic E-state index is -1.60. The first-order valence-corrected chi connectivity index (χ1v) is 16.6. The van der Waals surface area contributed by atoms with Gasteiger partial charge in [-0.2, -0.15) is 0 Å². The topological polar surface area (TPSA) is 228 Å². The van der Waals surface area contributed by atoms with Crippen molar-refractivity contribution >= 4 is 42.0 Å². The normalized spacial score (nSPS) is 17.8. The van der Waals surface area contributed by atoms with Gasteiger partial charge in [0.15, 0.2) is 0 Å². The Hall–Kier alpha value is -5.19. The highest BCUT2D eigenvalue weighted by atomic mass is 16.6. The zero-order valence-corrected chi connectivity index (χ0v) is 30.9. The quantitative estimate of drug-likeness (QED) is 0.0774. The van der Waals surface area contributed by atoms with Crippen LogP contribution in [0.2, 0.25) is 0 Å². The Kier molecular flexibility index (Phi) is 18.5. The zero-order valence-electron chi connectivity index (χ0n) is 30.9. The van der Waals surface area contributed by atoms with Gasteiger partial charge >= 0.3 is 42.0 Å². The maximum atomic E-state index is 13.3. The molecule has 296 valence electrons. The second kappa shape index (κ2) is 21.4. The van der Waals surface area contributed by atoms with Gasteiger partial charge in [0.05, 0.1) is 24.0 Å². The van der Waals surface area contributed by atoms with Gasteiger partial charge in [0.2, 0.25) is 0 Å². The summed E-state index contributed by atoms with van der Waals surface area (Å²) in [6.45, 7) is 16.6. The average molecular weight is 753 g/mol. The van der Waals surface area contributed by atoms with Crippen molar-refractivity contribution in [3.8, 4) is 0 Å². The zero-order chi connectivity index (χ0) is 40.3. The molecule has 17 heteroatoms. The minimum absolute atomic E-state index is 0.00501. The lowest BCUT2D eigenvalue weighted by Gasteiger charge is -2.46. The van der Waals surface area contributed by atoms with Gasteiger partial charge in [0.1, 0.15) is 39.6 Å². The Morgan fingerprint density at radius 2 is 1.06 bits per heavy atom. The standard InChI is InChI=1S/C36H52N2O15/c1-9-26(39)48-19-35(20-49-27(40)10-2,21-50-28(41)11-3)17-47-18-36(22-51-29(42)12-4,23-52-30(43)13-5)24-53-32(46)38-34(8)15-25(37-31(44)45)14-33(6,7)16-34/h9-10,12-13,25,37H,1-2,4-5,11,14-24H2,3,6-8H3,(H,38,46)(H,44,45). The van der Waals surface area contributed by atoms with E-state index in [0.717, 1.165) is 24.3 Å². The van der Waals surface area contributed by atoms with E-state index >= 15 is 0 Å². The summed E-state index contributed by atoms with van der Waals surface area (Å²) in [5.41, 5.74) is -4.38. The molecule has 0 radical (unpaired) electrons. The van der Waals surface area contributed by atoms with Crippen LogP contribution in [0.5, 0.6) is 0 Å². The Morgan fingerprint density at radius 1 is 0.660 bits per heavy atom. The van der Waals surface area contributed by atoms with Gasteiger partial charge in [-0.1, -0.05) is 47.1 Å². The molecule has 2 unspecified atom stereocenters. The van der Waals surface area contributed by atoms with E-state index in [1.807, 2.05) is 13.8 Å². The van der Waals surface area contributed by atoms with Gasteiger partial charge in [-0.3, -0.25) is 4.79 Å². The van der Waals surface area contributed by atoms with Gasteiger partial charge < -0.3 is 48.9 Å². The summed E-state index contributed by atoms with van der Waals surface area (Å²) in [6.07, 6.45) is 2.72. The van der Waals surface area contributed by atoms with Gasteiger partial charge in [-0.05, 0) is 31.6 Å². The summed E-state index contributed by atoms with van der Waals surface area (Å²) in [5.74, 6) is -4.03. The van der Waals surface area contributed by atoms with Crippen molar-refractivity contribution < 1.29 is 71.8 Å². The molecule has 0 aromatic heterocycles. The lowest BCUT2D eigenvalue weighted by molar-refractivity contribution is -0.168. The summed E-state index contributed by atoms with van der Waals surface area (Å²) in [7, 11) is 0. The molecule has 0 aromatic carbocycles. The number of hydrogen-bond donors (Lipinski definition) is 3. The molecule has 2 amide bonds. The Balaban J connectivity index is 3.46. The fourth-order valence-corrected chi connectivity index (χ4v) is 5.81. The van der Waals surface area contributed by atoms with Crippen LogP contribution in [0.25, 0.3) is 0 Å². The molecular weight excluding hydrogens is 700 g/mol. The third kappa shape index (κ3) is 17.3. The molecule has 0 spiro atoms. The van der Waals surface area contributed by atoms with E-state index in [1.54, 1.807) is 13.8 Å². The number of amides is 2. The van der Waals surface area contributed by atoms with Gasteiger partial charge in [-0.15, -0.1) is 0 Å². The molecule has 1 rings (SSSR count). The maximum absolute atomic E-state index is 13.3. The molecule has 53 heavy (non-hydrogen) atoms. The SMILES string of the molecule is C=CC(=O)OCC(COCC(COC(=O)C=C)(COC(=O)C=C)COC(=O)NC1(C)CC(NC(=O)O)CC(C)(C)C1)(COC(=O)C=C)COC(=O)CC. The van der Waals surface area contributed by atoms with E-state index in [-0.39, 0.29) is 18.3 Å².